The third kappa shape index (κ3) is 14.4. The number of halogens is 7. The maximum absolute atomic E-state index is 12.8. The van der Waals surface area contributed by atoms with E-state index >= 15 is 0 Å². The summed E-state index contributed by atoms with van der Waals surface area (Å²) in [5.41, 5.74) is 0.781. The third-order valence-electron chi connectivity index (χ3n) is 13.4. The van der Waals surface area contributed by atoms with E-state index in [2.05, 4.69) is 45.8 Å². The van der Waals surface area contributed by atoms with Crippen molar-refractivity contribution in [2.45, 2.75) is 143 Å². The molecule has 404 valence electrons. The number of hydrogen-bond acceptors (Lipinski definition) is 14. The van der Waals surface area contributed by atoms with Crippen molar-refractivity contribution in [1.82, 2.24) is 19.7 Å². The number of benzene rings is 3. The van der Waals surface area contributed by atoms with Gasteiger partial charge in [0, 0.05) is 34.7 Å². The highest BCUT2D eigenvalue weighted by Gasteiger charge is 2.63. The predicted octanol–water partition coefficient (Wildman–Crippen LogP) is 12.6. The molecule has 3 fully saturated rings. The monoisotopic (exact) mass is 1130 g/mol. The summed E-state index contributed by atoms with van der Waals surface area (Å²) in [6.45, 7) is 17.2. The van der Waals surface area contributed by atoms with Gasteiger partial charge < -0.3 is 47.5 Å². The number of thiophene rings is 1. The zero-order chi connectivity index (χ0) is 55.5. The number of aryl methyl sites for hydroxylation is 2. The second-order valence-electron chi connectivity index (χ2n) is 20.4. The van der Waals surface area contributed by atoms with Gasteiger partial charge in [-0.25, -0.2) is 9.97 Å². The first-order valence-corrected chi connectivity index (χ1v) is 25.3. The first kappa shape index (κ1) is 59.4. The van der Waals surface area contributed by atoms with E-state index in [0.29, 0.717) is 27.0 Å². The molecule has 3 aliphatic heterocycles. The molecule has 3 aromatic carbocycles. The highest BCUT2D eigenvalue weighted by atomic mass is 79.9. The maximum atomic E-state index is 12.8. The van der Waals surface area contributed by atoms with E-state index in [9.17, 15) is 26.3 Å². The Morgan fingerprint density at radius 2 is 1.04 bits per heavy atom. The molecule has 3 saturated heterocycles. The predicted molar refractivity (Wildman–Crippen MR) is 282 cm³/mol. The van der Waals surface area contributed by atoms with Crippen LogP contribution in [-0.4, -0.2) is 94.3 Å². The van der Waals surface area contributed by atoms with Crippen LogP contribution in [0.2, 0.25) is 0 Å². The molecule has 3 aromatic heterocycles. The molecule has 75 heavy (non-hydrogen) atoms. The molecule has 6 heterocycles. The number of alkyl halides is 6. The molecular formula is C50H61B3BrF6N5O9S. The molecule has 0 amide bonds. The maximum Gasteiger partial charge on any atom is 0.498 e. The van der Waals surface area contributed by atoms with Gasteiger partial charge in [-0.3, -0.25) is 4.68 Å². The van der Waals surface area contributed by atoms with Crippen molar-refractivity contribution in [2.24, 2.45) is 7.05 Å². The van der Waals surface area contributed by atoms with Crippen LogP contribution in [0, 0.1) is 6.92 Å². The van der Waals surface area contributed by atoms with Gasteiger partial charge in [0.2, 0.25) is 5.95 Å². The highest BCUT2D eigenvalue weighted by Crippen LogP contribution is 2.44. The molecule has 6 aromatic rings. The second kappa shape index (κ2) is 23.4. The zero-order valence-corrected chi connectivity index (χ0v) is 46.5. The molecule has 0 radical (unpaired) electrons. The summed E-state index contributed by atoms with van der Waals surface area (Å²) < 4.78 is 126. The summed E-state index contributed by atoms with van der Waals surface area (Å²) in [4.78, 5) is 9.88. The van der Waals surface area contributed by atoms with Gasteiger partial charge in [0.1, 0.15) is 17.2 Å². The second-order valence-corrected chi connectivity index (χ2v) is 22.5. The SMILES string of the molecule is CC1(C)OB(B2OC(C)(C)C(C)(C)O2)OC1(C)C.CC1(C)OB(c2ccccc2OC(F)F)OC1(C)C.Cc1sc2cnc(Nc3cnn(C)c3)nc2c1-c1ccccc1OC(F)F.FC(F)Oc1ccccc1Br. The van der Waals surface area contributed by atoms with Crippen LogP contribution in [0.1, 0.15) is 88.0 Å². The molecule has 0 atom stereocenters. The van der Waals surface area contributed by atoms with Crippen molar-refractivity contribution in [3.63, 3.8) is 0 Å². The van der Waals surface area contributed by atoms with Gasteiger partial charge in [-0.2, -0.15) is 31.4 Å². The smallest absolute Gasteiger partial charge is 0.435 e. The first-order valence-electron chi connectivity index (χ1n) is 23.7. The van der Waals surface area contributed by atoms with E-state index in [1.165, 1.54) is 29.5 Å². The minimum atomic E-state index is -2.89. The van der Waals surface area contributed by atoms with Crippen molar-refractivity contribution in [2.75, 3.05) is 5.32 Å². The van der Waals surface area contributed by atoms with Gasteiger partial charge in [0.05, 0.1) is 66.4 Å². The minimum Gasteiger partial charge on any atom is -0.435 e. The summed E-state index contributed by atoms with van der Waals surface area (Å²) in [6, 6.07) is 19.7. The van der Waals surface area contributed by atoms with E-state index in [0.717, 1.165) is 20.8 Å². The fraction of sp³-hybridized carbons (Fsp3) is 0.460. The number of nitrogens with one attached hydrogen (secondary N) is 1. The lowest BCUT2D eigenvalue weighted by Gasteiger charge is -2.32. The van der Waals surface area contributed by atoms with E-state index in [4.69, 9.17) is 32.7 Å². The topological polar surface area (TPSA) is 139 Å². The molecule has 3 aliphatic rings. The molecule has 0 bridgehead atoms. The van der Waals surface area contributed by atoms with Crippen molar-refractivity contribution >= 4 is 75.7 Å². The minimum absolute atomic E-state index is 0.0796. The Bertz CT molecular complexity index is 2800. The zero-order valence-electron chi connectivity index (χ0n) is 44.1. The fourth-order valence-electron chi connectivity index (χ4n) is 7.36. The van der Waals surface area contributed by atoms with Crippen molar-refractivity contribution in [1.29, 1.82) is 0 Å². The molecule has 0 unspecified atom stereocenters. The molecule has 1 N–H and O–H groups in total. The first-order chi connectivity index (χ1) is 34.8. The molecule has 0 aliphatic carbocycles. The van der Waals surface area contributed by atoms with Crippen LogP contribution in [0.15, 0.2) is 95.9 Å². The number of para-hydroxylation sites is 3. The normalized spacial score (nSPS) is 18.5. The van der Waals surface area contributed by atoms with Crippen LogP contribution in [0.5, 0.6) is 17.2 Å². The molecule has 0 saturated carbocycles. The molecule has 0 spiro atoms. The lowest BCUT2D eigenvalue weighted by molar-refractivity contribution is -0.0507. The average molecular weight is 1130 g/mol. The summed E-state index contributed by atoms with van der Waals surface area (Å²) in [5.74, 6) is 0.760. The molecular weight excluding hydrogens is 1070 g/mol. The van der Waals surface area contributed by atoms with E-state index in [-0.39, 0.29) is 39.7 Å². The summed E-state index contributed by atoms with van der Waals surface area (Å²) in [6.07, 6.45) is 5.19. The number of fused-ring (bicyclic) bond motifs is 1. The number of rotatable bonds is 11. The standard InChI is InChI=1S/C18H15F2N5OS.C13H17BF2O3.C12H24B2O4.C7H5BrF2O/c1-10-15(12-5-3-4-6-13(12)26-17(19)20)16-14(27-10)8-21-18(24-16)23-11-7-22-25(2)9-11;1-12(2)13(3,4)19-14(18-12)9-7-5-6-8-10(9)17-11(15)16;1-9(2)10(3,4)16-13(15-9)14-17-11(5,6)12(7,8)18-14;8-5-3-1-2-4-6(5)11-7(9)10/h3-9,17H,1-2H3,(H,21,23,24);5-8,11H,1-4H3;1-8H3;1-4,7H. The largest absolute Gasteiger partial charge is 0.498 e. The number of nitrogens with zero attached hydrogens (tertiary/aromatic N) is 4. The van der Waals surface area contributed by atoms with Crippen molar-refractivity contribution in [3.8, 4) is 28.4 Å². The number of ether oxygens (including phenoxy) is 3. The molecule has 9 rings (SSSR count). The van der Waals surface area contributed by atoms with Crippen LogP contribution in [0.25, 0.3) is 21.3 Å². The van der Waals surface area contributed by atoms with E-state index in [1.54, 1.807) is 77.9 Å². The van der Waals surface area contributed by atoms with Gasteiger partial charge in [-0.15, -0.1) is 11.3 Å². The Labute approximate surface area is 447 Å². The third-order valence-corrected chi connectivity index (χ3v) is 15.1. The van der Waals surface area contributed by atoms with Crippen LogP contribution in [0.4, 0.5) is 38.0 Å². The molecule has 14 nitrogen and oxygen atoms in total. The van der Waals surface area contributed by atoms with Gasteiger partial charge >= 0.3 is 41.0 Å². The average Bonchev–Trinajstić information content (AvgIpc) is 4.03. The Hall–Kier alpha value is -4.88. The van der Waals surface area contributed by atoms with Crippen molar-refractivity contribution < 1.29 is 68.5 Å². The summed E-state index contributed by atoms with van der Waals surface area (Å²) >= 11 is 4.57. The lowest BCUT2D eigenvalue weighted by atomic mass is 9.49. The van der Waals surface area contributed by atoms with Crippen LogP contribution in [0.3, 0.4) is 0 Å². The number of hydrogen-bond donors (Lipinski definition) is 1. The van der Waals surface area contributed by atoms with Gasteiger partial charge in [0.15, 0.2) is 0 Å². The Morgan fingerprint density at radius 1 is 0.600 bits per heavy atom. The number of aromatic nitrogens is 4. The Morgan fingerprint density at radius 3 is 1.53 bits per heavy atom. The Balaban J connectivity index is 0.000000170. The lowest BCUT2D eigenvalue weighted by Crippen LogP contribution is -2.41. The number of anilines is 2. The fourth-order valence-corrected chi connectivity index (χ4v) is 8.72. The molecule has 25 heteroatoms. The van der Waals surface area contributed by atoms with Crippen molar-refractivity contribution in [3.05, 3.63) is 101 Å². The van der Waals surface area contributed by atoms with Crippen LogP contribution >= 0.6 is 27.3 Å². The van der Waals surface area contributed by atoms with Crippen LogP contribution < -0.4 is 25.0 Å². The van der Waals surface area contributed by atoms with Gasteiger partial charge in [-0.05, 0) is 130 Å². The quantitative estimate of drug-likeness (QED) is 0.0973. The van der Waals surface area contributed by atoms with Gasteiger partial charge in [-0.1, -0.05) is 48.5 Å². The van der Waals surface area contributed by atoms with Crippen LogP contribution in [-0.2, 0) is 35.0 Å². The highest BCUT2D eigenvalue weighted by molar-refractivity contribution is 9.10. The summed E-state index contributed by atoms with van der Waals surface area (Å²) in [7, 11) is 0.155. The Kier molecular flexibility index (Phi) is 18.5. The van der Waals surface area contributed by atoms with Gasteiger partial charge in [0.25, 0.3) is 0 Å². The summed E-state index contributed by atoms with van der Waals surface area (Å²) in [5, 5.41) is 7.20. The van der Waals surface area contributed by atoms with E-state index in [1.807, 2.05) is 97.1 Å². The van der Waals surface area contributed by atoms with E-state index < -0.39 is 52.2 Å².